The maximum Gasteiger partial charge on any atom is 0.359 e. The Morgan fingerprint density at radius 3 is 2.48 bits per heavy atom. The highest BCUT2D eigenvalue weighted by Gasteiger charge is 2.22. The van der Waals surface area contributed by atoms with E-state index < -0.39 is 24.5 Å². The minimum absolute atomic E-state index is 0.0899. The molecule has 1 rings (SSSR count). The molecule has 1 atom stereocenters. The van der Waals surface area contributed by atoms with E-state index in [0.717, 1.165) is 6.42 Å². The molecule has 4 N–H and O–H groups in total. The van der Waals surface area contributed by atoms with Crippen LogP contribution in [0.15, 0.2) is 0 Å². The van der Waals surface area contributed by atoms with Crippen LogP contribution in [0, 0.1) is 0 Å². The standard InChI is InChI=1S/C14H17Cl3N4O4/c1-3-4-19-13(23)6(2)20-7(22)5-25-14(24)11-8(15)10(18)9(16)12(17)21-11/h6H,3-5H2,1-2H3,(H2,18,21)(H,19,23)(H,20,22)/t6-/m0/s1. The number of hydrogen-bond acceptors (Lipinski definition) is 6. The zero-order chi connectivity index (χ0) is 19.1. The zero-order valence-electron chi connectivity index (χ0n) is 13.5. The Morgan fingerprint density at radius 2 is 1.88 bits per heavy atom. The number of carbonyl (C=O) groups is 3. The minimum Gasteiger partial charge on any atom is -0.451 e. The van der Waals surface area contributed by atoms with E-state index in [1.165, 1.54) is 6.92 Å². The predicted octanol–water partition coefficient (Wildman–Crippen LogP) is 1.81. The second-order valence-electron chi connectivity index (χ2n) is 4.95. The van der Waals surface area contributed by atoms with E-state index in [4.69, 9.17) is 45.3 Å². The Hall–Kier alpha value is -1.77. The molecule has 0 saturated heterocycles. The van der Waals surface area contributed by atoms with Gasteiger partial charge in [-0.3, -0.25) is 9.59 Å². The quantitative estimate of drug-likeness (QED) is 0.464. The first-order chi connectivity index (χ1) is 11.7. The molecule has 11 heteroatoms. The fourth-order valence-electron chi connectivity index (χ4n) is 1.62. The van der Waals surface area contributed by atoms with Gasteiger partial charge in [0.2, 0.25) is 5.91 Å². The Bertz CT molecular complexity index is 685. The van der Waals surface area contributed by atoms with Crippen LogP contribution in [0.25, 0.3) is 0 Å². The molecule has 0 radical (unpaired) electrons. The summed E-state index contributed by atoms with van der Waals surface area (Å²) in [6.07, 6.45) is 0.768. The number of rotatable bonds is 7. The first-order valence-electron chi connectivity index (χ1n) is 7.23. The van der Waals surface area contributed by atoms with E-state index in [0.29, 0.717) is 6.54 Å². The van der Waals surface area contributed by atoms with Crippen LogP contribution in [0.4, 0.5) is 5.69 Å². The molecule has 2 amide bonds. The summed E-state index contributed by atoms with van der Waals surface area (Å²) in [5, 5.41) is 4.47. The van der Waals surface area contributed by atoms with Gasteiger partial charge in [0.05, 0.1) is 10.7 Å². The fourth-order valence-corrected chi connectivity index (χ4v) is 2.20. The smallest absolute Gasteiger partial charge is 0.359 e. The number of nitrogens with one attached hydrogen (secondary N) is 2. The van der Waals surface area contributed by atoms with Crippen molar-refractivity contribution < 1.29 is 19.1 Å². The van der Waals surface area contributed by atoms with Crippen LogP contribution in [0.1, 0.15) is 30.8 Å². The highest BCUT2D eigenvalue weighted by molar-refractivity contribution is 6.46. The molecule has 0 aliphatic heterocycles. The summed E-state index contributed by atoms with van der Waals surface area (Å²) in [5.41, 5.74) is 5.11. The van der Waals surface area contributed by atoms with Crippen molar-refractivity contribution >= 4 is 58.3 Å². The van der Waals surface area contributed by atoms with Crippen molar-refractivity contribution in [3.63, 3.8) is 0 Å². The molecule has 0 aliphatic carbocycles. The van der Waals surface area contributed by atoms with Crippen molar-refractivity contribution in [3.8, 4) is 0 Å². The third-order valence-electron chi connectivity index (χ3n) is 2.92. The van der Waals surface area contributed by atoms with Gasteiger partial charge in [0.1, 0.15) is 11.1 Å². The van der Waals surface area contributed by atoms with Crippen molar-refractivity contribution in [2.75, 3.05) is 18.9 Å². The van der Waals surface area contributed by atoms with Gasteiger partial charge in [-0.25, -0.2) is 9.78 Å². The van der Waals surface area contributed by atoms with E-state index >= 15 is 0 Å². The summed E-state index contributed by atoms with van der Waals surface area (Å²) in [6.45, 7) is 3.26. The average Bonchev–Trinajstić information content (AvgIpc) is 2.58. The molecule has 25 heavy (non-hydrogen) atoms. The highest BCUT2D eigenvalue weighted by Crippen LogP contribution is 2.34. The molecule has 1 aromatic heterocycles. The van der Waals surface area contributed by atoms with Gasteiger partial charge in [-0.05, 0) is 13.3 Å². The number of nitrogens with zero attached hydrogens (tertiary/aromatic N) is 1. The summed E-state index contributed by atoms with van der Waals surface area (Å²) in [7, 11) is 0. The van der Waals surface area contributed by atoms with Crippen molar-refractivity contribution in [1.29, 1.82) is 0 Å². The molecule has 0 saturated carbocycles. The van der Waals surface area contributed by atoms with Gasteiger partial charge in [-0.2, -0.15) is 0 Å². The van der Waals surface area contributed by atoms with Crippen LogP contribution in [0.2, 0.25) is 15.2 Å². The SMILES string of the molecule is CCCNC(=O)[C@H](C)NC(=O)COC(=O)c1nc(Cl)c(Cl)c(N)c1Cl. The third kappa shape index (κ3) is 5.91. The maximum atomic E-state index is 12.0. The molecule has 8 nitrogen and oxygen atoms in total. The van der Waals surface area contributed by atoms with E-state index in [1.54, 1.807) is 0 Å². The third-order valence-corrected chi connectivity index (χ3v) is 4.06. The van der Waals surface area contributed by atoms with Crippen LogP contribution in [-0.4, -0.2) is 42.0 Å². The Kier molecular flexibility index (Phi) is 8.21. The Balaban J connectivity index is 2.62. The summed E-state index contributed by atoms with van der Waals surface area (Å²) in [6, 6.07) is -0.778. The highest BCUT2D eigenvalue weighted by atomic mass is 35.5. The maximum absolute atomic E-state index is 12.0. The predicted molar refractivity (Wildman–Crippen MR) is 94.9 cm³/mol. The van der Waals surface area contributed by atoms with E-state index in [9.17, 15) is 14.4 Å². The number of nitrogen functional groups attached to an aromatic ring is 1. The lowest BCUT2D eigenvalue weighted by atomic mass is 10.3. The number of halogens is 3. The molecule has 138 valence electrons. The Labute approximate surface area is 159 Å². The van der Waals surface area contributed by atoms with Gasteiger partial charge in [-0.1, -0.05) is 41.7 Å². The van der Waals surface area contributed by atoms with Gasteiger partial charge >= 0.3 is 5.97 Å². The topological polar surface area (TPSA) is 123 Å². The van der Waals surface area contributed by atoms with Crippen LogP contribution in [0.5, 0.6) is 0 Å². The lowest BCUT2D eigenvalue weighted by molar-refractivity contribution is -0.130. The van der Waals surface area contributed by atoms with Crippen LogP contribution in [0.3, 0.4) is 0 Å². The minimum atomic E-state index is -1.01. The number of esters is 1. The van der Waals surface area contributed by atoms with Crippen LogP contribution >= 0.6 is 34.8 Å². The number of hydrogen-bond donors (Lipinski definition) is 3. The number of pyridine rings is 1. The molecule has 1 aromatic rings. The second kappa shape index (κ2) is 9.65. The molecule has 0 fully saturated rings. The fraction of sp³-hybridized carbons (Fsp3) is 0.429. The Morgan fingerprint density at radius 1 is 1.24 bits per heavy atom. The number of aromatic nitrogens is 1. The van der Waals surface area contributed by atoms with Gasteiger partial charge in [-0.15, -0.1) is 0 Å². The number of amides is 2. The molecule has 0 bridgehead atoms. The summed E-state index contributed by atoms with van der Waals surface area (Å²) >= 11 is 17.4. The molecule has 0 aliphatic rings. The zero-order valence-corrected chi connectivity index (χ0v) is 15.8. The monoisotopic (exact) mass is 410 g/mol. The summed E-state index contributed by atoms with van der Waals surface area (Å²) in [5.74, 6) is -2.02. The van der Waals surface area contributed by atoms with Gasteiger partial charge in [0.15, 0.2) is 17.5 Å². The van der Waals surface area contributed by atoms with E-state index in [-0.39, 0.29) is 32.5 Å². The first kappa shape index (κ1) is 21.3. The molecule has 0 unspecified atom stereocenters. The normalized spacial score (nSPS) is 11.6. The second-order valence-corrected chi connectivity index (χ2v) is 6.06. The number of nitrogens with two attached hydrogens (primary N) is 1. The van der Waals surface area contributed by atoms with Crippen molar-refractivity contribution in [2.24, 2.45) is 0 Å². The van der Waals surface area contributed by atoms with Crippen molar-refractivity contribution in [3.05, 3.63) is 20.9 Å². The summed E-state index contributed by atoms with van der Waals surface area (Å²) in [4.78, 5) is 39.0. The molecular formula is C14H17Cl3N4O4. The average molecular weight is 412 g/mol. The lowest BCUT2D eigenvalue weighted by Crippen LogP contribution is -2.46. The van der Waals surface area contributed by atoms with E-state index in [2.05, 4.69) is 15.6 Å². The molecule has 1 heterocycles. The number of ether oxygens (including phenoxy) is 1. The van der Waals surface area contributed by atoms with Gasteiger partial charge in [0, 0.05) is 6.54 Å². The lowest BCUT2D eigenvalue weighted by Gasteiger charge is -2.14. The van der Waals surface area contributed by atoms with E-state index in [1.807, 2.05) is 6.92 Å². The molecular weight excluding hydrogens is 395 g/mol. The van der Waals surface area contributed by atoms with Crippen LogP contribution < -0.4 is 16.4 Å². The largest absolute Gasteiger partial charge is 0.451 e. The molecule has 0 spiro atoms. The van der Waals surface area contributed by atoms with Gasteiger partial charge < -0.3 is 21.1 Å². The number of carbonyl (C=O) groups excluding carboxylic acids is 3. The van der Waals surface area contributed by atoms with Crippen LogP contribution in [-0.2, 0) is 14.3 Å². The summed E-state index contributed by atoms with van der Waals surface area (Å²) < 4.78 is 4.80. The van der Waals surface area contributed by atoms with Gasteiger partial charge in [0.25, 0.3) is 5.91 Å². The van der Waals surface area contributed by atoms with Crippen molar-refractivity contribution in [2.45, 2.75) is 26.3 Å². The first-order valence-corrected chi connectivity index (χ1v) is 8.36. The number of anilines is 1. The molecule has 0 aromatic carbocycles. The van der Waals surface area contributed by atoms with Crippen molar-refractivity contribution in [1.82, 2.24) is 15.6 Å².